The summed E-state index contributed by atoms with van der Waals surface area (Å²) in [5.41, 5.74) is 0.749. The molecule has 0 aromatic heterocycles. The van der Waals surface area contributed by atoms with E-state index >= 15 is 0 Å². The van der Waals surface area contributed by atoms with Crippen LogP contribution in [0, 0.1) is 0 Å². The van der Waals surface area contributed by atoms with Crippen LogP contribution in [0.25, 0.3) is 0 Å². The molecule has 0 radical (unpaired) electrons. The molecule has 2 aromatic rings. The molecule has 0 bridgehead atoms. The summed E-state index contributed by atoms with van der Waals surface area (Å²) in [4.78, 5) is 17.0. The number of aliphatic hydroxyl groups excluding tert-OH is 1. The van der Waals surface area contributed by atoms with Crippen LogP contribution in [-0.4, -0.2) is 67.8 Å². The van der Waals surface area contributed by atoms with Crippen molar-refractivity contribution >= 4 is 21.6 Å². The van der Waals surface area contributed by atoms with Gasteiger partial charge in [0, 0.05) is 19.3 Å². The lowest BCUT2D eigenvalue weighted by molar-refractivity contribution is -0.137. The molecule has 36 heavy (non-hydrogen) atoms. The van der Waals surface area contributed by atoms with Gasteiger partial charge in [-0.15, -0.1) is 0 Å². The molecule has 2 N–H and O–H groups in total. The maximum Gasteiger partial charge on any atom is 0.416 e. The minimum Gasteiger partial charge on any atom is -0.392 e. The Balaban J connectivity index is 1.81. The number of halogens is 3. The number of benzene rings is 2. The maximum atomic E-state index is 13.2. The van der Waals surface area contributed by atoms with Crippen LogP contribution in [0.1, 0.15) is 42.5 Å². The average Bonchev–Trinajstić information content (AvgIpc) is 3.29. The number of rotatable bonds is 10. The van der Waals surface area contributed by atoms with E-state index in [1.807, 2.05) is 6.07 Å². The monoisotopic (exact) mass is 527 g/mol. The molecule has 2 aromatic carbocycles. The van der Waals surface area contributed by atoms with Crippen molar-refractivity contribution in [1.82, 2.24) is 9.80 Å². The van der Waals surface area contributed by atoms with Gasteiger partial charge >= 0.3 is 6.18 Å². The maximum absolute atomic E-state index is 13.2. The first-order valence-corrected chi connectivity index (χ1v) is 13.4. The Labute approximate surface area is 210 Å². The van der Waals surface area contributed by atoms with Crippen molar-refractivity contribution in [3.63, 3.8) is 0 Å². The van der Waals surface area contributed by atoms with Crippen molar-refractivity contribution in [2.75, 3.05) is 37.2 Å². The highest BCUT2D eigenvalue weighted by Crippen LogP contribution is 2.30. The lowest BCUT2D eigenvalue weighted by Crippen LogP contribution is -2.39. The van der Waals surface area contributed by atoms with Gasteiger partial charge in [-0.2, -0.15) is 13.2 Å². The predicted octanol–water partition coefficient (Wildman–Crippen LogP) is 3.67. The standard InChI is InChI=1S/C25H32F3N3O4S/c1-18(32)17-36(34,35)29-22-7-5-6-20(15-22)23(16-31-12-3-4-13-31)30(2)24(33)14-19-8-10-21(11-9-19)25(26,27)28/h5-11,15,18,23,29,32H,3-4,12-14,16-17H2,1-2H3. The highest BCUT2D eigenvalue weighted by Gasteiger charge is 2.30. The van der Waals surface area contributed by atoms with Crippen LogP contribution >= 0.6 is 0 Å². The second kappa shape index (κ2) is 11.6. The van der Waals surface area contributed by atoms with Crippen molar-refractivity contribution < 1.29 is 31.5 Å². The summed E-state index contributed by atoms with van der Waals surface area (Å²) in [6, 6.07) is 10.9. The van der Waals surface area contributed by atoms with Crippen LogP contribution in [-0.2, 0) is 27.4 Å². The number of carbonyl (C=O) groups excluding carboxylic acids is 1. The molecule has 2 unspecified atom stereocenters. The van der Waals surface area contributed by atoms with Gasteiger partial charge in [0.05, 0.1) is 29.9 Å². The molecule has 198 valence electrons. The predicted molar refractivity (Wildman–Crippen MR) is 132 cm³/mol. The van der Waals surface area contributed by atoms with Gasteiger partial charge in [0.1, 0.15) is 0 Å². The summed E-state index contributed by atoms with van der Waals surface area (Å²) in [7, 11) is -2.11. The van der Waals surface area contributed by atoms with Crippen LogP contribution in [0.4, 0.5) is 18.9 Å². The van der Waals surface area contributed by atoms with E-state index < -0.39 is 39.7 Å². The number of alkyl halides is 3. The molecule has 2 atom stereocenters. The smallest absolute Gasteiger partial charge is 0.392 e. The summed E-state index contributed by atoms with van der Waals surface area (Å²) in [6.07, 6.45) is -3.43. The Morgan fingerprint density at radius 1 is 1.14 bits per heavy atom. The quantitative estimate of drug-likeness (QED) is 0.492. The second-order valence-corrected chi connectivity index (χ2v) is 11.0. The van der Waals surface area contributed by atoms with E-state index in [2.05, 4.69) is 9.62 Å². The van der Waals surface area contributed by atoms with E-state index in [1.54, 1.807) is 30.1 Å². The van der Waals surface area contributed by atoms with Crippen LogP contribution < -0.4 is 4.72 Å². The lowest BCUT2D eigenvalue weighted by atomic mass is 10.0. The van der Waals surface area contributed by atoms with Crippen LogP contribution in [0.5, 0.6) is 0 Å². The van der Waals surface area contributed by atoms with E-state index in [4.69, 9.17) is 0 Å². The van der Waals surface area contributed by atoms with E-state index in [1.165, 1.54) is 19.1 Å². The van der Waals surface area contributed by atoms with Gasteiger partial charge in [0.25, 0.3) is 0 Å². The minimum absolute atomic E-state index is 0.0636. The molecule has 1 heterocycles. The fourth-order valence-electron chi connectivity index (χ4n) is 4.29. The molecule has 0 saturated carbocycles. The van der Waals surface area contributed by atoms with Gasteiger partial charge in [-0.3, -0.25) is 9.52 Å². The summed E-state index contributed by atoms with van der Waals surface area (Å²) in [5, 5.41) is 9.45. The molecule has 1 aliphatic heterocycles. The van der Waals surface area contributed by atoms with Crippen LogP contribution in [0.15, 0.2) is 48.5 Å². The molecule has 11 heteroatoms. The number of nitrogens with one attached hydrogen (secondary N) is 1. The first kappa shape index (κ1) is 27.9. The van der Waals surface area contributed by atoms with Gasteiger partial charge in [0.15, 0.2) is 0 Å². The number of hydrogen-bond acceptors (Lipinski definition) is 5. The fraction of sp³-hybridized carbons (Fsp3) is 0.480. The van der Waals surface area contributed by atoms with Crippen molar-refractivity contribution in [1.29, 1.82) is 0 Å². The Morgan fingerprint density at radius 2 is 1.78 bits per heavy atom. The fourth-order valence-corrected chi connectivity index (χ4v) is 5.50. The third-order valence-electron chi connectivity index (χ3n) is 6.13. The molecule has 1 amide bonds. The third-order valence-corrected chi connectivity index (χ3v) is 7.60. The van der Waals surface area contributed by atoms with E-state index in [0.717, 1.165) is 43.6 Å². The van der Waals surface area contributed by atoms with Gasteiger partial charge < -0.3 is 14.9 Å². The first-order chi connectivity index (χ1) is 16.8. The van der Waals surface area contributed by atoms with Gasteiger partial charge in [-0.1, -0.05) is 24.3 Å². The zero-order valence-electron chi connectivity index (χ0n) is 20.3. The highest BCUT2D eigenvalue weighted by atomic mass is 32.2. The summed E-state index contributed by atoms with van der Waals surface area (Å²) < 4.78 is 65.6. The summed E-state index contributed by atoms with van der Waals surface area (Å²) in [6.45, 7) is 3.70. The Kier molecular flexibility index (Phi) is 9.02. The van der Waals surface area contributed by atoms with Crippen LogP contribution in [0.3, 0.4) is 0 Å². The van der Waals surface area contributed by atoms with Crippen molar-refractivity contribution in [2.24, 2.45) is 0 Å². The lowest BCUT2D eigenvalue weighted by Gasteiger charge is -2.32. The Bertz CT molecular complexity index is 1130. The van der Waals surface area contributed by atoms with Crippen molar-refractivity contribution in [3.05, 3.63) is 65.2 Å². The zero-order chi connectivity index (χ0) is 26.5. The van der Waals surface area contributed by atoms with Gasteiger partial charge in [0.2, 0.25) is 15.9 Å². The number of hydrogen-bond donors (Lipinski definition) is 2. The molecule has 1 fully saturated rings. The number of sulfonamides is 1. The molecule has 1 aliphatic rings. The Morgan fingerprint density at radius 3 is 2.36 bits per heavy atom. The van der Waals surface area contributed by atoms with E-state index in [9.17, 15) is 31.5 Å². The number of amides is 1. The molecular formula is C25H32F3N3O4S. The highest BCUT2D eigenvalue weighted by molar-refractivity contribution is 7.92. The molecule has 0 aliphatic carbocycles. The number of nitrogens with zero attached hydrogens (tertiary/aromatic N) is 2. The third kappa shape index (κ3) is 7.94. The van der Waals surface area contributed by atoms with Gasteiger partial charge in [-0.25, -0.2) is 8.42 Å². The largest absolute Gasteiger partial charge is 0.416 e. The second-order valence-electron chi connectivity index (χ2n) is 9.26. The van der Waals surface area contributed by atoms with E-state index in [0.29, 0.717) is 17.8 Å². The number of carbonyl (C=O) groups is 1. The number of likely N-dealkylation sites (tertiary alicyclic amines) is 1. The van der Waals surface area contributed by atoms with Crippen molar-refractivity contribution in [3.8, 4) is 0 Å². The summed E-state index contributed by atoms with van der Waals surface area (Å²) >= 11 is 0. The van der Waals surface area contributed by atoms with Crippen molar-refractivity contribution in [2.45, 2.75) is 44.5 Å². The zero-order valence-corrected chi connectivity index (χ0v) is 21.1. The molecule has 7 nitrogen and oxygen atoms in total. The minimum atomic E-state index is -4.44. The van der Waals surface area contributed by atoms with Crippen LogP contribution in [0.2, 0.25) is 0 Å². The number of aliphatic hydroxyl groups is 1. The SMILES string of the molecule is CC(O)CS(=O)(=O)Nc1cccc(C(CN2CCCC2)N(C)C(=O)Cc2ccc(C(F)(F)F)cc2)c1. The molecular weight excluding hydrogens is 495 g/mol. The topological polar surface area (TPSA) is 89.9 Å². The Hall–Kier alpha value is -2.63. The molecule has 0 spiro atoms. The average molecular weight is 528 g/mol. The molecule has 1 saturated heterocycles. The number of anilines is 1. The first-order valence-electron chi connectivity index (χ1n) is 11.8. The summed E-state index contributed by atoms with van der Waals surface area (Å²) in [5.74, 6) is -0.709. The molecule has 3 rings (SSSR count). The normalized spacial score (nSPS) is 16.5. The number of likely N-dealkylation sites (N-methyl/N-ethyl adjacent to an activating group) is 1. The van der Waals surface area contributed by atoms with Gasteiger partial charge in [-0.05, 0) is 68.2 Å². The van der Waals surface area contributed by atoms with E-state index in [-0.39, 0.29) is 12.3 Å².